The Morgan fingerprint density at radius 2 is 1.74 bits per heavy atom. The lowest BCUT2D eigenvalue weighted by molar-refractivity contribution is -0.387. The zero-order chi connectivity index (χ0) is 22.1. The molecular formula is C21H21FN2O6S. The summed E-state index contributed by atoms with van der Waals surface area (Å²) in [6.45, 7) is 0. The topological polar surface area (TPSA) is 107 Å². The van der Waals surface area contributed by atoms with Crippen molar-refractivity contribution in [2.75, 3.05) is 10.7 Å². The maximum Gasteiger partial charge on any atom is 0.316 e. The first kappa shape index (κ1) is 21.5. The number of esters is 1. The van der Waals surface area contributed by atoms with Crippen molar-refractivity contribution in [1.82, 2.24) is 0 Å². The quantitative estimate of drug-likeness (QED) is 0.212. The minimum atomic E-state index is -1.04. The smallest absolute Gasteiger partial charge is 0.316 e. The average Bonchev–Trinajstić information content (AvgIpc) is 3.34. The summed E-state index contributed by atoms with van der Waals surface area (Å²) in [5.41, 5.74) is -0.0786. The molecule has 8 nitrogen and oxygen atoms in total. The molecule has 2 aliphatic carbocycles. The molecule has 1 aromatic carbocycles. The lowest BCUT2D eigenvalue weighted by atomic mass is 9.93. The molecule has 31 heavy (non-hydrogen) atoms. The summed E-state index contributed by atoms with van der Waals surface area (Å²) in [7, 11) is 0. The average molecular weight is 448 g/mol. The zero-order valence-electron chi connectivity index (χ0n) is 16.7. The molecule has 1 fully saturated rings. The van der Waals surface area contributed by atoms with Crippen LogP contribution in [-0.4, -0.2) is 34.6 Å². The number of ether oxygens (including phenoxy) is 1. The maximum atomic E-state index is 14.8. The molecule has 10 heteroatoms. The normalized spacial score (nSPS) is 19.2. The van der Waals surface area contributed by atoms with E-state index in [9.17, 15) is 28.9 Å². The first-order valence-electron chi connectivity index (χ1n) is 10.3. The number of nitrogens with zero attached hydrogens (tertiary/aromatic N) is 2. The van der Waals surface area contributed by atoms with Crippen molar-refractivity contribution in [2.45, 2.75) is 62.4 Å². The third-order valence-corrected chi connectivity index (χ3v) is 6.82. The van der Waals surface area contributed by atoms with Gasteiger partial charge in [0, 0.05) is 11.1 Å². The van der Waals surface area contributed by atoms with Gasteiger partial charge in [-0.05, 0) is 57.4 Å². The number of rotatable bonds is 6. The summed E-state index contributed by atoms with van der Waals surface area (Å²) in [6, 6.07) is 1.80. The number of halogens is 1. The molecule has 3 aliphatic rings. The van der Waals surface area contributed by atoms with Crippen molar-refractivity contribution in [3.8, 4) is 0 Å². The van der Waals surface area contributed by atoms with E-state index < -0.39 is 34.2 Å². The SMILES string of the molecule is O=C(CSc1cc(N2C(=O)C3=C(CCCC3)C2=O)c(F)cc1[N+](=O)[O-])OC1CCCC1. The van der Waals surface area contributed by atoms with Gasteiger partial charge >= 0.3 is 5.97 Å². The predicted molar refractivity (Wildman–Crippen MR) is 110 cm³/mol. The van der Waals surface area contributed by atoms with Crippen LogP contribution in [0.4, 0.5) is 15.8 Å². The Hall–Kier alpha value is -2.75. The highest BCUT2D eigenvalue weighted by atomic mass is 32.2. The van der Waals surface area contributed by atoms with Gasteiger partial charge in [0.05, 0.1) is 27.3 Å². The number of nitro benzene ring substituents is 1. The molecule has 1 saturated carbocycles. The number of carbonyl (C=O) groups excluding carboxylic acids is 3. The van der Waals surface area contributed by atoms with Gasteiger partial charge in [0.2, 0.25) is 0 Å². The minimum absolute atomic E-state index is 0.00440. The molecule has 0 spiro atoms. The zero-order valence-corrected chi connectivity index (χ0v) is 17.5. The third-order valence-electron chi connectivity index (χ3n) is 5.80. The van der Waals surface area contributed by atoms with E-state index in [0.29, 0.717) is 30.1 Å². The van der Waals surface area contributed by atoms with E-state index in [-0.39, 0.29) is 22.4 Å². The molecular weight excluding hydrogens is 427 g/mol. The molecule has 0 saturated heterocycles. The van der Waals surface area contributed by atoms with E-state index in [1.54, 1.807) is 0 Å². The van der Waals surface area contributed by atoms with Gasteiger partial charge in [0.1, 0.15) is 6.10 Å². The largest absolute Gasteiger partial charge is 0.462 e. The number of anilines is 1. The van der Waals surface area contributed by atoms with Gasteiger partial charge < -0.3 is 4.74 Å². The van der Waals surface area contributed by atoms with Crippen molar-refractivity contribution in [3.63, 3.8) is 0 Å². The van der Waals surface area contributed by atoms with E-state index >= 15 is 0 Å². The minimum Gasteiger partial charge on any atom is -0.462 e. The van der Waals surface area contributed by atoms with Gasteiger partial charge in [0.25, 0.3) is 17.5 Å². The van der Waals surface area contributed by atoms with Gasteiger partial charge in [-0.25, -0.2) is 9.29 Å². The molecule has 0 atom stereocenters. The highest BCUT2D eigenvalue weighted by Crippen LogP contribution is 2.40. The number of nitro groups is 1. The highest BCUT2D eigenvalue weighted by molar-refractivity contribution is 8.00. The molecule has 164 valence electrons. The van der Waals surface area contributed by atoms with Crippen LogP contribution in [0, 0.1) is 15.9 Å². The Labute approximate surface area is 181 Å². The van der Waals surface area contributed by atoms with Crippen LogP contribution < -0.4 is 4.90 Å². The molecule has 4 rings (SSSR count). The van der Waals surface area contributed by atoms with Crippen LogP contribution in [0.25, 0.3) is 0 Å². The van der Waals surface area contributed by atoms with E-state index in [0.717, 1.165) is 61.3 Å². The fourth-order valence-corrected chi connectivity index (χ4v) is 5.10. The summed E-state index contributed by atoms with van der Waals surface area (Å²) < 4.78 is 20.1. The number of hydrogen-bond acceptors (Lipinski definition) is 7. The van der Waals surface area contributed by atoms with E-state index in [4.69, 9.17) is 4.74 Å². The first-order chi connectivity index (χ1) is 14.9. The van der Waals surface area contributed by atoms with Crippen molar-refractivity contribution >= 4 is 40.9 Å². The van der Waals surface area contributed by atoms with Gasteiger partial charge in [-0.3, -0.25) is 24.5 Å². The van der Waals surface area contributed by atoms with Crippen LogP contribution in [-0.2, 0) is 19.1 Å². The van der Waals surface area contributed by atoms with E-state index in [1.807, 2.05) is 0 Å². The number of thioether (sulfide) groups is 1. The standard InChI is InChI=1S/C21H21FN2O6S/c22-15-9-17(24(28)29)18(31-11-19(25)30-12-5-1-2-6-12)10-16(15)23-20(26)13-7-3-4-8-14(13)21(23)27/h9-10,12H,1-8,11H2. The molecule has 0 unspecified atom stereocenters. The Bertz CT molecular complexity index is 974. The fourth-order valence-electron chi connectivity index (χ4n) is 4.28. The molecule has 0 bridgehead atoms. The van der Waals surface area contributed by atoms with Crippen LogP contribution in [0.15, 0.2) is 28.2 Å². The number of amides is 2. The first-order valence-corrected chi connectivity index (χ1v) is 11.3. The highest BCUT2D eigenvalue weighted by Gasteiger charge is 2.41. The van der Waals surface area contributed by atoms with Crippen LogP contribution in [0.2, 0.25) is 0 Å². The number of imide groups is 1. The Morgan fingerprint density at radius 1 is 1.13 bits per heavy atom. The fraction of sp³-hybridized carbons (Fsp3) is 0.476. The summed E-state index contributed by atoms with van der Waals surface area (Å²) in [5, 5.41) is 11.4. The van der Waals surface area contributed by atoms with Gasteiger partial charge in [-0.2, -0.15) is 0 Å². The molecule has 2 amide bonds. The molecule has 1 aliphatic heterocycles. The number of benzene rings is 1. The Balaban J connectivity index is 1.58. The summed E-state index contributed by atoms with van der Waals surface area (Å²) >= 11 is 0.831. The summed E-state index contributed by atoms with van der Waals surface area (Å²) in [5.74, 6) is -2.90. The van der Waals surface area contributed by atoms with Crippen LogP contribution in [0.3, 0.4) is 0 Å². The number of hydrogen-bond donors (Lipinski definition) is 0. The van der Waals surface area contributed by atoms with Gasteiger partial charge in [-0.1, -0.05) is 0 Å². The van der Waals surface area contributed by atoms with E-state index in [2.05, 4.69) is 0 Å². The van der Waals surface area contributed by atoms with Gasteiger partial charge in [-0.15, -0.1) is 11.8 Å². The van der Waals surface area contributed by atoms with Crippen LogP contribution >= 0.6 is 11.8 Å². The van der Waals surface area contributed by atoms with Crippen molar-refractivity contribution < 1.29 is 28.4 Å². The summed E-state index contributed by atoms with van der Waals surface area (Å²) in [6.07, 6.45) is 5.92. The second-order valence-electron chi connectivity index (χ2n) is 7.82. The number of carbonyl (C=O) groups is 3. The lowest BCUT2D eigenvalue weighted by Gasteiger charge is -2.17. The molecule has 1 aromatic rings. The van der Waals surface area contributed by atoms with Crippen molar-refractivity contribution in [2.24, 2.45) is 0 Å². The Morgan fingerprint density at radius 3 is 2.32 bits per heavy atom. The predicted octanol–water partition coefficient (Wildman–Crippen LogP) is 4.06. The second kappa shape index (κ2) is 8.78. The van der Waals surface area contributed by atoms with Gasteiger partial charge in [0.15, 0.2) is 5.82 Å². The summed E-state index contributed by atoms with van der Waals surface area (Å²) in [4.78, 5) is 49.1. The molecule has 0 N–H and O–H groups in total. The third kappa shape index (κ3) is 4.21. The van der Waals surface area contributed by atoms with Crippen LogP contribution in [0.1, 0.15) is 51.4 Å². The Kier molecular flexibility index (Phi) is 6.08. The van der Waals surface area contributed by atoms with Crippen molar-refractivity contribution in [1.29, 1.82) is 0 Å². The van der Waals surface area contributed by atoms with Crippen LogP contribution in [0.5, 0.6) is 0 Å². The molecule has 0 aromatic heterocycles. The molecule has 0 radical (unpaired) electrons. The monoisotopic (exact) mass is 448 g/mol. The maximum absolute atomic E-state index is 14.8. The lowest BCUT2D eigenvalue weighted by Crippen LogP contribution is -2.32. The molecule has 1 heterocycles. The van der Waals surface area contributed by atoms with E-state index in [1.165, 1.54) is 0 Å². The second-order valence-corrected chi connectivity index (χ2v) is 8.84. The van der Waals surface area contributed by atoms with Crippen molar-refractivity contribution in [3.05, 3.63) is 39.2 Å².